The van der Waals surface area contributed by atoms with Crippen LogP contribution >= 0.6 is 0 Å². The van der Waals surface area contributed by atoms with Crippen molar-refractivity contribution in [3.05, 3.63) is 93.2 Å². The van der Waals surface area contributed by atoms with Crippen LogP contribution in [-0.4, -0.2) is 25.6 Å². The van der Waals surface area contributed by atoms with E-state index in [0.29, 0.717) is 29.5 Å². The molecule has 8 nitrogen and oxygen atoms in total. The standard InChI is InChI=1S/C23H23N7O/c1-15-8-7-11-30-21(15)28-20(24-13-18-9-5-4-6-10-18)19(22(30)31)14-25-29-23-26-16(2)12-17(3)27-23/h4-12,14,24H,13H2,1-3H3,(H,26,27,29)/b25-14+. The average Bonchev–Trinajstić information content (AvgIpc) is 2.75. The number of fused-ring (bicyclic) bond motifs is 1. The Hall–Kier alpha value is -4.07. The van der Waals surface area contributed by atoms with Crippen LogP contribution in [0.1, 0.15) is 28.1 Å². The zero-order valence-corrected chi connectivity index (χ0v) is 17.6. The number of rotatable bonds is 6. The highest BCUT2D eigenvalue weighted by Gasteiger charge is 2.12. The molecule has 3 aromatic heterocycles. The molecule has 0 bridgehead atoms. The lowest BCUT2D eigenvalue weighted by atomic mass is 10.2. The SMILES string of the molecule is Cc1cc(C)nc(N/N=C/c2c(NCc3ccccc3)nc3c(C)cccn3c2=O)n1. The largest absolute Gasteiger partial charge is 0.365 e. The summed E-state index contributed by atoms with van der Waals surface area (Å²) in [4.78, 5) is 26.5. The molecule has 0 atom stereocenters. The Kier molecular flexibility index (Phi) is 5.70. The summed E-state index contributed by atoms with van der Waals surface area (Å²) in [5, 5.41) is 7.49. The quantitative estimate of drug-likeness (QED) is 0.371. The molecule has 0 saturated heterocycles. The van der Waals surface area contributed by atoms with Crippen LogP contribution < -0.4 is 16.3 Å². The van der Waals surface area contributed by atoms with Crippen LogP contribution in [0.25, 0.3) is 5.65 Å². The molecule has 0 spiro atoms. The first kappa shape index (κ1) is 20.2. The molecular formula is C23H23N7O. The third-order valence-electron chi connectivity index (χ3n) is 4.73. The molecule has 0 aliphatic rings. The second-order valence-corrected chi connectivity index (χ2v) is 7.25. The lowest BCUT2D eigenvalue weighted by Gasteiger charge is -2.12. The summed E-state index contributed by atoms with van der Waals surface area (Å²) < 4.78 is 1.53. The number of nitrogens with zero attached hydrogens (tertiary/aromatic N) is 5. The van der Waals surface area contributed by atoms with Crippen LogP contribution in [0.3, 0.4) is 0 Å². The van der Waals surface area contributed by atoms with E-state index in [1.807, 2.05) is 69.3 Å². The molecule has 3 heterocycles. The summed E-state index contributed by atoms with van der Waals surface area (Å²) in [6.07, 6.45) is 3.16. The van der Waals surface area contributed by atoms with E-state index >= 15 is 0 Å². The normalized spacial score (nSPS) is 11.2. The fourth-order valence-electron chi connectivity index (χ4n) is 3.27. The third-order valence-corrected chi connectivity index (χ3v) is 4.73. The van der Waals surface area contributed by atoms with Crippen molar-refractivity contribution < 1.29 is 0 Å². The number of hydrogen-bond donors (Lipinski definition) is 2. The van der Waals surface area contributed by atoms with E-state index in [9.17, 15) is 4.79 Å². The van der Waals surface area contributed by atoms with Gasteiger partial charge in [-0.3, -0.25) is 9.20 Å². The lowest BCUT2D eigenvalue weighted by Crippen LogP contribution is -2.23. The maximum atomic E-state index is 13.2. The number of nitrogens with one attached hydrogen (secondary N) is 2. The highest BCUT2D eigenvalue weighted by molar-refractivity contribution is 5.87. The molecule has 0 amide bonds. The number of aromatic nitrogens is 4. The molecule has 0 saturated carbocycles. The maximum absolute atomic E-state index is 13.2. The molecule has 8 heteroatoms. The first-order valence-electron chi connectivity index (χ1n) is 9.92. The summed E-state index contributed by atoms with van der Waals surface area (Å²) >= 11 is 0. The molecule has 4 rings (SSSR count). The van der Waals surface area contributed by atoms with Crippen molar-refractivity contribution in [3.63, 3.8) is 0 Å². The van der Waals surface area contributed by atoms with E-state index in [1.165, 1.54) is 10.6 Å². The number of pyridine rings is 1. The molecule has 0 aliphatic carbocycles. The fraction of sp³-hybridized carbons (Fsp3) is 0.174. The van der Waals surface area contributed by atoms with Crippen LogP contribution in [0.4, 0.5) is 11.8 Å². The van der Waals surface area contributed by atoms with Crippen molar-refractivity contribution in [2.45, 2.75) is 27.3 Å². The van der Waals surface area contributed by atoms with E-state index in [1.54, 1.807) is 6.20 Å². The highest BCUT2D eigenvalue weighted by atomic mass is 16.1. The molecule has 0 fully saturated rings. The molecule has 1 aromatic carbocycles. The van der Waals surface area contributed by atoms with Crippen molar-refractivity contribution in [1.82, 2.24) is 19.4 Å². The van der Waals surface area contributed by atoms with Gasteiger partial charge >= 0.3 is 0 Å². The Morgan fingerprint density at radius 1 is 1.00 bits per heavy atom. The number of anilines is 2. The monoisotopic (exact) mass is 413 g/mol. The fourth-order valence-corrected chi connectivity index (χ4v) is 3.27. The molecule has 0 unspecified atom stereocenters. The van der Waals surface area contributed by atoms with Gasteiger partial charge in [0, 0.05) is 24.1 Å². The zero-order chi connectivity index (χ0) is 21.8. The Morgan fingerprint density at radius 2 is 1.74 bits per heavy atom. The Morgan fingerprint density at radius 3 is 2.48 bits per heavy atom. The van der Waals surface area contributed by atoms with Crippen molar-refractivity contribution in [2.24, 2.45) is 5.10 Å². The van der Waals surface area contributed by atoms with Crippen LogP contribution in [-0.2, 0) is 6.54 Å². The number of hydrogen-bond acceptors (Lipinski definition) is 7. The predicted octanol–water partition coefficient (Wildman–Crippen LogP) is 3.47. The minimum Gasteiger partial charge on any atom is -0.365 e. The molecule has 4 aromatic rings. The van der Waals surface area contributed by atoms with Gasteiger partial charge in [-0.25, -0.2) is 20.4 Å². The third kappa shape index (κ3) is 4.58. The first-order valence-corrected chi connectivity index (χ1v) is 9.92. The van der Waals surface area contributed by atoms with Crippen LogP contribution in [0.2, 0.25) is 0 Å². The second-order valence-electron chi connectivity index (χ2n) is 7.25. The Bertz CT molecular complexity index is 1290. The smallest absolute Gasteiger partial charge is 0.268 e. The summed E-state index contributed by atoms with van der Waals surface area (Å²) in [6.45, 7) is 6.23. The van der Waals surface area contributed by atoms with Gasteiger partial charge in [0.05, 0.1) is 6.21 Å². The summed E-state index contributed by atoms with van der Waals surface area (Å²) in [7, 11) is 0. The van der Waals surface area contributed by atoms with Gasteiger partial charge in [-0.15, -0.1) is 0 Å². The number of benzene rings is 1. The van der Waals surface area contributed by atoms with Gasteiger partial charge in [-0.05, 0) is 44.0 Å². The molecule has 156 valence electrons. The molecule has 31 heavy (non-hydrogen) atoms. The minimum absolute atomic E-state index is 0.212. The summed E-state index contributed by atoms with van der Waals surface area (Å²) in [5.41, 5.74) is 7.20. The van der Waals surface area contributed by atoms with Gasteiger partial charge < -0.3 is 5.32 Å². The van der Waals surface area contributed by atoms with Gasteiger partial charge in [0.25, 0.3) is 5.56 Å². The van der Waals surface area contributed by atoms with Gasteiger partial charge in [-0.2, -0.15) is 5.10 Å². The lowest BCUT2D eigenvalue weighted by molar-refractivity contribution is 1.01. The Balaban J connectivity index is 1.70. The van der Waals surface area contributed by atoms with E-state index in [0.717, 1.165) is 22.5 Å². The summed E-state index contributed by atoms with van der Waals surface area (Å²) in [6, 6.07) is 15.6. The molecule has 0 aliphatic heterocycles. The van der Waals surface area contributed by atoms with Crippen LogP contribution in [0.5, 0.6) is 0 Å². The van der Waals surface area contributed by atoms with Crippen molar-refractivity contribution in [1.29, 1.82) is 0 Å². The van der Waals surface area contributed by atoms with Gasteiger partial charge in [0.2, 0.25) is 5.95 Å². The van der Waals surface area contributed by atoms with Crippen molar-refractivity contribution >= 4 is 23.6 Å². The van der Waals surface area contributed by atoms with Gasteiger partial charge in [-0.1, -0.05) is 36.4 Å². The van der Waals surface area contributed by atoms with E-state index in [-0.39, 0.29) is 5.56 Å². The number of hydrazone groups is 1. The van der Waals surface area contributed by atoms with Gasteiger partial charge in [0.15, 0.2) is 0 Å². The highest BCUT2D eigenvalue weighted by Crippen LogP contribution is 2.14. The van der Waals surface area contributed by atoms with Crippen LogP contribution in [0, 0.1) is 20.8 Å². The average molecular weight is 413 g/mol. The first-order chi connectivity index (χ1) is 15.0. The van der Waals surface area contributed by atoms with Crippen molar-refractivity contribution in [2.75, 3.05) is 10.7 Å². The maximum Gasteiger partial charge on any atom is 0.268 e. The molecular weight excluding hydrogens is 390 g/mol. The molecule has 2 N–H and O–H groups in total. The van der Waals surface area contributed by atoms with Gasteiger partial charge in [0.1, 0.15) is 17.0 Å². The number of aryl methyl sites for hydroxylation is 3. The minimum atomic E-state index is -0.212. The molecule has 0 radical (unpaired) electrons. The Labute approximate surface area is 179 Å². The van der Waals surface area contributed by atoms with Crippen molar-refractivity contribution in [3.8, 4) is 0 Å². The van der Waals surface area contributed by atoms with Crippen LogP contribution in [0.15, 0.2) is 64.6 Å². The van der Waals surface area contributed by atoms with E-state index < -0.39 is 0 Å². The van der Waals surface area contributed by atoms with E-state index in [4.69, 9.17) is 4.98 Å². The van der Waals surface area contributed by atoms with E-state index in [2.05, 4.69) is 25.8 Å². The topological polar surface area (TPSA) is 96.6 Å². The second kappa shape index (κ2) is 8.74. The zero-order valence-electron chi connectivity index (χ0n) is 17.6. The predicted molar refractivity (Wildman–Crippen MR) is 123 cm³/mol. The summed E-state index contributed by atoms with van der Waals surface area (Å²) in [5.74, 6) is 0.840.